The van der Waals surface area contributed by atoms with Gasteiger partial charge in [-0.25, -0.2) is 0 Å². The van der Waals surface area contributed by atoms with Crippen LogP contribution in [-0.4, -0.2) is 20.0 Å². The molecule has 0 aromatic heterocycles. The first kappa shape index (κ1) is 13.1. The Bertz CT molecular complexity index is 729. The molecule has 2 aliphatic heterocycles. The van der Waals surface area contributed by atoms with Crippen LogP contribution >= 0.6 is 0 Å². The maximum atomic E-state index is 6.07. The van der Waals surface area contributed by atoms with Gasteiger partial charge >= 0.3 is 0 Å². The van der Waals surface area contributed by atoms with Gasteiger partial charge in [0.15, 0.2) is 11.5 Å². The molecule has 5 nitrogen and oxygen atoms in total. The number of fused-ring (bicyclic) bond motifs is 3. The average Bonchev–Trinajstić information content (AvgIpc) is 3.12. The summed E-state index contributed by atoms with van der Waals surface area (Å²) in [5.74, 6) is 3.01. The Morgan fingerprint density at radius 3 is 2.91 bits per heavy atom. The number of anilines is 1. The first-order valence-corrected chi connectivity index (χ1v) is 7.25. The molecule has 0 fully saturated rings. The Morgan fingerprint density at radius 2 is 2.09 bits per heavy atom. The standard InChI is InChI=1S/C17H17NO4/c1-19-14-4-2-10(7-13(14)18)6-12-8-11-3-5-15-17(16(11)22-12)21-9-20-15/h2-5,7,12H,6,8-9,18H2,1H3. The van der Waals surface area contributed by atoms with Crippen molar-refractivity contribution in [3.63, 3.8) is 0 Å². The fourth-order valence-corrected chi connectivity index (χ4v) is 3.02. The lowest BCUT2D eigenvalue weighted by Crippen LogP contribution is -2.16. The first-order valence-electron chi connectivity index (χ1n) is 7.25. The molecule has 0 saturated heterocycles. The van der Waals surface area contributed by atoms with Gasteiger partial charge in [0, 0.05) is 18.4 Å². The van der Waals surface area contributed by atoms with Gasteiger partial charge in [0.05, 0.1) is 12.8 Å². The van der Waals surface area contributed by atoms with E-state index in [1.165, 1.54) is 0 Å². The van der Waals surface area contributed by atoms with E-state index in [1.807, 2.05) is 30.3 Å². The van der Waals surface area contributed by atoms with E-state index < -0.39 is 0 Å². The van der Waals surface area contributed by atoms with E-state index in [2.05, 4.69) is 0 Å². The fraction of sp³-hybridized carbons (Fsp3) is 0.294. The van der Waals surface area contributed by atoms with Gasteiger partial charge in [-0.1, -0.05) is 12.1 Å². The summed E-state index contributed by atoms with van der Waals surface area (Å²) >= 11 is 0. The molecule has 2 aliphatic rings. The second-order valence-electron chi connectivity index (χ2n) is 5.51. The number of hydrogen-bond donors (Lipinski definition) is 1. The number of rotatable bonds is 3. The topological polar surface area (TPSA) is 62.9 Å². The number of methoxy groups -OCH3 is 1. The smallest absolute Gasteiger partial charge is 0.231 e. The van der Waals surface area contributed by atoms with Crippen LogP contribution in [0.25, 0.3) is 0 Å². The predicted molar refractivity (Wildman–Crippen MR) is 81.8 cm³/mol. The summed E-state index contributed by atoms with van der Waals surface area (Å²) in [6, 6.07) is 9.84. The molecule has 0 spiro atoms. The lowest BCUT2D eigenvalue weighted by molar-refractivity contribution is 0.166. The van der Waals surface area contributed by atoms with Crippen molar-refractivity contribution in [3.05, 3.63) is 41.5 Å². The van der Waals surface area contributed by atoms with Gasteiger partial charge in [-0.05, 0) is 23.8 Å². The summed E-state index contributed by atoms with van der Waals surface area (Å²) in [5, 5.41) is 0. The Kier molecular flexibility index (Phi) is 2.99. The summed E-state index contributed by atoms with van der Waals surface area (Å²) in [7, 11) is 1.62. The maximum absolute atomic E-state index is 6.07. The lowest BCUT2D eigenvalue weighted by Gasteiger charge is -2.12. The monoisotopic (exact) mass is 299 g/mol. The summed E-state index contributed by atoms with van der Waals surface area (Å²) in [6.07, 6.45) is 1.73. The van der Waals surface area contributed by atoms with Gasteiger partial charge in [0.25, 0.3) is 0 Å². The molecule has 22 heavy (non-hydrogen) atoms. The first-order chi connectivity index (χ1) is 10.7. The second-order valence-corrected chi connectivity index (χ2v) is 5.51. The summed E-state index contributed by atoms with van der Waals surface area (Å²) in [6.45, 7) is 0.259. The van der Waals surface area contributed by atoms with Crippen molar-refractivity contribution in [2.45, 2.75) is 18.9 Å². The molecular weight excluding hydrogens is 282 g/mol. The number of benzene rings is 2. The molecule has 2 heterocycles. The van der Waals surface area contributed by atoms with E-state index in [4.69, 9.17) is 24.7 Å². The highest BCUT2D eigenvalue weighted by Crippen LogP contribution is 2.47. The highest BCUT2D eigenvalue weighted by Gasteiger charge is 2.30. The Morgan fingerprint density at radius 1 is 1.18 bits per heavy atom. The molecule has 5 heteroatoms. The van der Waals surface area contributed by atoms with Crippen LogP contribution in [-0.2, 0) is 12.8 Å². The summed E-state index contributed by atoms with van der Waals surface area (Å²) in [5.41, 5.74) is 8.90. The van der Waals surface area contributed by atoms with Gasteiger partial charge in [0.2, 0.25) is 12.5 Å². The van der Waals surface area contributed by atoms with Gasteiger partial charge in [-0.2, -0.15) is 0 Å². The molecule has 0 aliphatic carbocycles. The van der Waals surface area contributed by atoms with E-state index in [9.17, 15) is 0 Å². The van der Waals surface area contributed by atoms with Crippen molar-refractivity contribution in [2.24, 2.45) is 0 Å². The summed E-state index contributed by atoms with van der Waals surface area (Å²) < 4.78 is 22.1. The Labute approximate surface area is 128 Å². The second kappa shape index (κ2) is 5.02. The molecular formula is C17H17NO4. The maximum Gasteiger partial charge on any atom is 0.231 e. The third-order valence-corrected chi connectivity index (χ3v) is 4.06. The van der Waals surface area contributed by atoms with Crippen molar-refractivity contribution >= 4 is 5.69 Å². The molecule has 1 atom stereocenters. The average molecular weight is 299 g/mol. The molecule has 0 saturated carbocycles. The van der Waals surface area contributed by atoms with Crippen LogP contribution < -0.4 is 24.7 Å². The Balaban J connectivity index is 1.53. The Hall–Kier alpha value is -2.56. The van der Waals surface area contributed by atoms with Crippen LogP contribution in [0.5, 0.6) is 23.0 Å². The number of nitrogen functional groups attached to an aromatic ring is 1. The quantitative estimate of drug-likeness (QED) is 0.883. The number of ether oxygens (including phenoxy) is 4. The molecule has 0 amide bonds. The van der Waals surface area contributed by atoms with Crippen molar-refractivity contribution in [2.75, 3.05) is 19.6 Å². The van der Waals surface area contributed by atoms with Crippen molar-refractivity contribution in [1.29, 1.82) is 0 Å². The van der Waals surface area contributed by atoms with Crippen LogP contribution in [0.4, 0.5) is 5.69 Å². The minimum absolute atomic E-state index is 0.0819. The number of nitrogens with two attached hydrogens (primary N) is 1. The molecule has 0 radical (unpaired) electrons. The minimum atomic E-state index is 0.0819. The van der Waals surface area contributed by atoms with Crippen LogP contribution in [0.3, 0.4) is 0 Å². The zero-order valence-electron chi connectivity index (χ0n) is 12.3. The molecule has 114 valence electrons. The molecule has 0 bridgehead atoms. The van der Waals surface area contributed by atoms with E-state index in [-0.39, 0.29) is 12.9 Å². The van der Waals surface area contributed by atoms with Crippen molar-refractivity contribution in [3.8, 4) is 23.0 Å². The third kappa shape index (κ3) is 2.09. The number of hydrogen-bond acceptors (Lipinski definition) is 5. The van der Waals surface area contributed by atoms with Crippen LogP contribution in [0.2, 0.25) is 0 Å². The molecule has 1 unspecified atom stereocenters. The van der Waals surface area contributed by atoms with Crippen LogP contribution in [0.1, 0.15) is 11.1 Å². The van der Waals surface area contributed by atoms with Crippen LogP contribution in [0.15, 0.2) is 30.3 Å². The summed E-state index contributed by atoms with van der Waals surface area (Å²) in [4.78, 5) is 0. The molecule has 4 rings (SSSR count). The molecule has 2 N–H and O–H groups in total. The van der Waals surface area contributed by atoms with Gasteiger partial charge in [-0.3, -0.25) is 0 Å². The van der Waals surface area contributed by atoms with Gasteiger partial charge < -0.3 is 24.7 Å². The lowest BCUT2D eigenvalue weighted by atomic mass is 10.0. The van der Waals surface area contributed by atoms with E-state index >= 15 is 0 Å². The van der Waals surface area contributed by atoms with E-state index in [1.54, 1.807) is 7.11 Å². The van der Waals surface area contributed by atoms with Gasteiger partial charge in [-0.15, -0.1) is 0 Å². The van der Waals surface area contributed by atoms with Crippen molar-refractivity contribution in [1.82, 2.24) is 0 Å². The highest BCUT2D eigenvalue weighted by atomic mass is 16.7. The fourth-order valence-electron chi connectivity index (χ4n) is 3.02. The normalized spacial score (nSPS) is 18.0. The molecule has 2 aromatic rings. The SMILES string of the molecule is COc1ccc(CC2Cc3ccc4c(c3O2)OCO4)cc1N. The highest BCUT2D eigenvalue weighted by molar-refractivity contribution is 5.59. The zero-order valence-corrected chi connectivity index (χ0v) is 12.3. The molecule has 2 aromatic carbocycles. The minimum Gasteiger partial charge on any atom is -0.495 e. The van der Waals surface area contributed by atoms with E-state index in [0.29, 0.717) is 11.4 Å². The zero-order chi connectivity index (χ0) is 15.1. The van der Waals surface area contributed by atoms with Crippen LogP contribution in [0, 0.1) is 0 Å². The largest absolute Gasteiger partial charge is 0.495 e. The predicted octanol–water partition coefficient (Wildman–Crippen LogP) is 2.55. The third-order valence-electron chi connectivity index (χ3n) is 4.06. The van der Waals surface area contributed by atoms with Crippen molar-refractivity contribution < 1.29 is 18.9 Å². The van der Waals surface area contributed by atoms with E-state index in [0.717, 1.165) is 41.2 Å². The van der Waals surface area contributed by atoms with Gasteiger partial charge in [0.1, 0.15) is 11.9 Å².